The van der Waals surface area contributed by atoms with Crippen LogP contribution in [0.4, 0.5) is 16.2 Å². The molecule has 27 heavy (non-hydrogen) atoms. The Bertz CT molecular complexity index is 833. The Balaban J connectivity index is 1.91. The number of anilines is 2. The third-order valence-electron chi connectivity index (χ3n) is 4.14. The molecule has 0 fully saturated rings. The van der Waals surface area contributed by atoms with E-state index in [1.807, 2.05) is 6.92 Å². The molecule has 8 heteroatoms. The lowest BCUT2D eigenvalue weighted by molar-refractivity contribution is 0.208. The Morgan fingerprint density at radius 1 is 1.15 bits per heavy atom. The lowest BCUT2D eigenvalue weighted by atomic mass is 10.2. The zero-order valence-corrected chi connectivity index (χ0v) is 16.3. The topological polar surface area (TPSA) is 69.3 Å². The predicted octanol–water partition coefficient (Wildman–Crippen LogP) is 4.19. The van der Waals surface area contributed by atoms with Crippen LogP contribution < -0.4 is 29.2 Å². The molecule has 2 amide bonds. The second-order valence-electron chi connectivity index (χ2n) is 6.00. The number of amides is 2. The number of hydrogen-bond donors (Lipinski definition) is 1. The van der Waals surface area contributed by atoms with E-state index in [1.54, 1.807) is 35.2 Å². The molecule has 1 atom stereocenters. The first-order chi connectivity index (χ1) is 13.0. The van der Waals surface area contributed by atoms with Gasteiger partial charge in [-0.05, 0) is 25.1 Å². The first-order valence-electron chi connectivity index (χ1n) is 8.31. The van der Waals surface area contributed by atoms with Crippen molar-refractivity contribution in [3.63, 3.8) is 0 Å². The smallest absolute Gasteiger partial charge is 0.326 e. The molecule has 7 nitrogen and oxygen atoms in total. The Morgan fingerprint density at radius 3 is 2.41 bits per heavy atom. The summed E-state index contributed by atoms with van der Waals surface area (Å²) in [7, 11) is 4.56. The molecule has 2 aromatic carbocycles. The molecule has 0 bridgehead atoms. The molecule has 1 heterocycles. The highest BCUT2D eigenvalue weighted by molar-refractivity contribution is 6.31. The summed E-state index contributed by atoms with van der Waals surface area (Å²) >= 11 is 6.09. The van der Waals surface area contributed by atoms with Crippen LogP contribution in [0.1, 0.15) is 6.92 Å². The molecule has 0 saturated carbocycles. The number of benzene rings is 2. The summed E-state index contributed by atoms with van der Waals surface area (Å²) in [4.78, 5) is 14.5. The molecule has 1 aliphatic rings. The largest absolute Gasteiger partial charge is 0.493 e. The van der Waals surface area contributed by atoms with Gasteiger partial charge in [0.05, 0.1) is 39.2 Å². The molecule has 0 spiro atoms. The van der Waals surface area contributed by atoms with Crippen LogP contribution in [0, 0.1) is 0 Å². The molecular formula is C19H21ClN2O5. The maximum Gasteiger partial charge on any atom is 0.326 e. The van der Waals surface area contributed by atoms with Gasteiger partial charge in [0.1, 0.15) is 11.9 Å². The van der Waals surface area contributed by atoms with Gasteiger partial charge >= 0.3 is 6.03 Å². The summed E-state index contributed by atoms with van der Waals surface area (Å²) in [5.41, 5.74) is 1.13. The van der Waals surface area contributed by atoms with Gasteiger partial charge in [-0.2, -0.15) is 0 Å². The van der Waals surface area contributed by atoms with Crippen LogP contribution >= 0.6 is 11.6 Å². The van der Waals surface area contributed by atoms with Gasteiger partial charge in [-0.3, -0.25) is 4.90 Å². The van der Waals surface area contributed by atoms with Crippen molar-refractivity contribution in [2.75, 3.05) is 38.1 Å². The van der Waals surface area contributed by atoms with E-state index in [4.69, 9.17) is 30.5 Å². The van der Waals surface area contributed by atoms with Crippen molar-refractivity contribution < 1.29 is 23.7 Å². The van der Waals surface area contributed by atoms with Gasteiger partial charge in [0.15, 0.2) is 11.5 Å². The zero-order chi connectivity index (χ0) is 19.6. The highest BCUT2D eigenvalue weighted by atomic mass is 35.5. The van der Waals surface area contributed by atoms with Gasteiger partial charge < -0.3 is 24.3 Å². The molecule has 0 aliphatic carbocycles. The van der Waals surface area contributed by atoms with E-state index in [-0.39, 0.29) is 12.1 Å². The molecule has 1 N–H and O–H groups in total. The molecule has 1 aliphatic heterocycles. The summed E-state index contributed by atoms with van der Waals surface area (Å²) in [6.45, 7) is 2.29. The fourth-order valence-electron chi connectivity index (χ4n) is 2.95. The first kappa shape index (κ1) is 19.0. The Hall–Kier alpha value is -2.80. The van der Waals surface area contributed by atoms with Gasteiger partial charge in [-0.25, -0.2) is 4.79 Å². The maximum absolute atomic E-state index is 12.9. The predicted molar refractivity (Wildman–Crippen MR) is 104 cm³/mol. The monoisotopic (exact) mass is 392 g/mol. The number of hydrogen-bond acceptors (Lipinski definition) is 5. The van der Waals surface area contributed by atoms with E-state index in [9.17, 15) is 4.79 Å². The quantitative estimate of drug-likeness (QED) is 0.845. The third kappa shape index (κ3) is 3.83. The van der Waals surface area contributed by atoms with Crippen LogP contribution in [0.3, 0.4) is 0 Å². The van der Waals surface area contributed by atoms with Gasteiger partial charge in [0.2, 0.25) is 5.75 Å². The average molecular weight is 393 g/mol. The fourth-order valence-corrected chi connectivity index (χ4v) is 3.11. The summed E-state index contributed by atoms with van der Waals surface area (Å²) in [6, 6.07) is 8.21. The van der Waals surface area contributed by atoms with E-state index in [2.05, 4.69) is 5.32 Å². The number of methoxy groups -OCH3 is 3. The number of nitrogens with one attached hydrogen (secondary N) is 1. The first-order valence-corrected chi connectivity index (χ1v) is 8.69. The van der Waals surface area contributed by atoms with Crippen molar-refractivity contribution in [2.24, 2.45) is 0 Å². The van der Waals surface area contributed by atoms with E-state index in [0.29, 0.717) is 45.9 Å². The van der Waals surface area contributed by atoms with E-state index in [0.717, 1.165) is 0 Å². The van der Waals surface area contributed by atoms with Gasteiger partial charge in [0.25, 0.3) is 0 Å². The van der Waals surface area contributed by atoms with Crippen molar-refractivity contribution in [3.8, 4) is 23.0 Å². The van der Waals surface area contributed by atoms with Gasteiger partial charge in [-0.1, -0.05) is 11.6 Å². The van der Waals surface area contributed by atoms with E-state index < -0.39 is 0 Å². The highest BCUT2D eigenvalue weighted by Gasteiger charge is 2.28. The lowest BCUT2D eigenvalue weighted by Gasteiger charge is -2.33. The van der Waals surface area contributed by atoms with Crippen LogP contribution in [-0.2, 0) is 0 Å². The number of carbonyl (C=O) groups excluding carboxylic acids is 1. The highest BCUT2D eigenvalue weighted by Crippen LogP contribution is 2.40. The average Bonchev–Trinajstić information content (AvgIpc) is 2.66. The van der Waals surface area contributed by atoms with E-state index >= 15 is 0 Å². The Labute approximate surface area is 162 Å². The molecule has 144 valence electrons. The summed E-state index contributed by atoms with van der Waals surface area (Å²) < 4.78 is 21.7. The minimum absolute atomic E-state index is 0.149. The Morgan fingerprint density at radius 2 is 1.81 bits per heavy atom. The number of rotatable bonds is 4. The van der Waals surface area contributed by atoms with Crippen molar-refractivity contribution in [3.05, 3.63) is 35.4 Å². The lowest BCUT2D eigenvalue weighted by Crippen LogP contribution is -2.44. The number of nitrogens with zero attached hydrogens (tertiary/aromatic N) is 1. The standard InChI is InChI=1S/C19H21ClN2O5/c1-11-10-22(14-7-12(20)5-6-15(14)27-11)19(23)21-13-8-16(24-2)18(26-4)17(9-13)25-3/h5-9,11H,10H2,1-4H3,(H,21,23)/t11-/m0/s1. The maximum atomic E-state index is 12.9. The van der Waals surface area contributed by atoms with Crippen molar-refractivity contribution in [2.45, 2.75) is 13.0 Å². The number of urea groups is 1. The molecule has 2 aromatic rings. The summed E-state index contributed by atoms with van der Waals surface area (Å²) in [5, 5.41) is 3.39. The molecule has 3 rings (SSSR count). The van der Waals surface area contributed by atoms with Crippen molar-refractivity contribution in [1.82, 2.24) is 0 Å². The number of fused-ring (bicyclic) bond motifs is 1. The van der Waals surface area contributed by atoms with Crippen molar-refractivity contribution in [1.29, 1.82) is 0 Å². The van der Waals surface area contributed by atoms with Gasteiger partial charge in [0, 0.05) is 17.2 Å². The van der Waals surface area contributed by atoms with Crippen LogP contribution in [0.25, 0.3) is 0 Å². The summed E-state index contributed by atoms with van der Waals surface area (Å²) in [6.07, 6.45) is -0.149. The van der Waals surface area contributed by atoms with Crippen LogP contribution in [0.2, 0.25) is 5.02 Å². The number of ether oxygens (including phenoxy) is 4. The molecule has 0 radical (unpaired) electrons. The third-order valence-corrected chi connectivity index (χ3v) is 4.38. The molecule has 0 aromatic heterocycles. The minimum atomic E-state index is -0.317. The van der Waals surface area contributed by atoms with Crippen molar-refractivity contribution >= 4 is 29.0 Å². The number of halogens is 1. The van der Waals surface area contributed by atoms with Crippen LogP contribution in [0.15, 0.2) is 30.3 Å². The number of carbonyl (C=O) groups is 1. The second-order valence-corrected chi connectivity index (χ2v) is 6.43. The fraction of sp³-hybridized carbons (Fsp3) is 0.316. The van der Waals surface area contributed by atoms with Crippen LogP contribution in [-0.4, -0.2) is 40.0 Å². The second kappa shape index (κ2) is 7.84. The minimum Gasteiger partial charge on any atom is -0.493 e. The summed E-state index contributed by atoms with van der Waals surface area (Å²) in [5.74, 6) is 1.96. The molecule has 0 unspecified atom stereocenters. The SMILES string of the molecule is COc1cc(NC(=O)N2C[C@H](C)Oc3ccc(Cl)cc32)cc(OC)c1OC. The normalized spacial score (nSPS) is 15.4. The van der Waals surface area contributed by atoms with Gasteiger partial charge in [-0.15, -0.1) is 0 Å². The van der Waals surface area contributed by atoms with Crippen LogP contribution in [0.5, 0.6) is 23.0 Å². The van der Waals surface area contributed by atoms with E-state index in [1.165, 1.54) is 21.3 Å². The zero-order valence-electron chi connectivity index (χ0n) is 15.5. The Kier molecular flexibility index (Phi) is 5.51. The molecule has 0 saturated heterocycles. The molecular weight excluding hydrogens is 372 g/mol.